The highest BCUT2D eigenvalue weighted by atomic mass is 19.1. The van der Waals surface area contributed by atoms with E-state index in [4.69, 9.17) is 0 Å². The number of nitrogens with zero attached hydrogens (tertiary/aromatic N) is 3. The average Bonchev–Trinajstić information content (AvgIpc) is 2.68. The standard InChI is InChI=1S/C21H26FN3O2/c1-16(26)17-8-9-20(19(22)14-17)25-12-10-24(11-13-25)15-21(27)23(2)18-6-4-3-5-7-18/h3-9,14,16,26H,10-13,15H2,1-2H3/t16-/m0/s1. The Morgan fingerprint density at radius 1 is 1.15 bits per heavy atom. The van der Waals surface area contributed by atoms with E-state index in [9.17, 15) is 14.3 Å². The summed E-state index contributed by atoms with van der Waals surface area (Å²) in [6.45, 7) is 4.69. The van der Waals surface area contributed by atoms with Gasteiger partial charge in [0.05, 0.1) is 18.3 Å². The van der Waals surface area contributed by atoms with Crippen LogP contribution < -0.4 is 9.80 Å². The van der Waals surface area contributed by atoms with Crippen LogP contribution in [-0.4, -0.2) is 55.7 Å². The molecule has 0 unspecified atom stereocenters. The van der Waals surface area contributed by atoms with E-state index in [-0.39, 0.29) is 11.7 Å². The van der Waals surface area contributed by atoms with Gasteiger partial charge in [-0.15, -0.1) is 0 Å². The maximum absolute atomic E-state index is 14.4. The summed E-state index contributed by atoms with van der Waals surface area (Å²) >= 11 is 0. The third-order valence-corrected chi connectivity index (χ3v) is 5.04. The van der Waals surface area contributed by atoms with E-state index in [2.05, 4.69) is 4.90 Å². The summed E-state index contributed by atoms with van der Waals surface area (Å²) in [7, 11) is 1.78. The van der Waals surface area contributed by atoms with Gasteiger partial charge in [0, 0.05) is 38.9 Å². The van der Waals surface area contributed by atoms with Gasteiger partial charge >= 0.3 is 0 Å². The van der Waals surface area contributed by atoms with Crippen molar-refractivity contribution in [3.8, 4) is 0 Å². The van der Waals surface area contributed by atoms with E-state index < -0.39 is 6.10 Å². The van der Waals surface area contributed by atoms with E-state index in [0.29, 0.717) is 44.0 Å². The molecule has 5 nitrogen and oxygen atoms in total. The molecule has 1 atom stereocenters. The summed E-state index contributed by atoms with van der Waals surface area (Å²) in [5, 5.41) is 9.57. The maximum atomic E-state index is 14.4. The molecule has 0 bridgehead atoms. The highest BCUT2D eigenvalue weighted by Gasteiger charge is 2.23. The molecule has 0 radical (unpaired) electrons. The molecule has 0 saturated carbocycles. The number of anilines is 2. The first-order valence-corrected chi connectivity index (χ1v) is 9.22. The van der Waals surface area contributed by atoms with Crippen LogP contribution in [0.3, 0.4) is 0 Å². The first-order chi connectivity index (χ1) is 13.0. The number of halogens is 1. The summed E-state index contributed by atoms with van der Waals surface area (Å²) in [6, 6.07) is 14.4. The molecule has 1 amide bonds. The third kappa shape index (κ3) is 4.64. The van der Waals surface area contributed by atoms with E-state index in [0.717, 1.165) is 5.69 Å². The fourth-order valence-corrected chi connectivity index (χ4v) is 3.28. The van der Waals surface area contributed by atoms with Gasteiger partial charge in [-0.05, 0) is 36.8 Å². The Balaban J connectivity index is 1.55. The van der Waals surface area contributed by atoms with Crippen molar-refractivity contribution in [2.75, 3.05) is 49.6 Å². The fourth-order valence-electron chi connectivity index (χ4n) is 3.28. The molecule has 0 aromatic heterocycles. The Kier molecular flexibility index (Phi) is 6.08. The summed E-state index contributed by atoms with van der Waals surface area (Å²) in [6.07, 6.45) is -0.682. The average molecular weight is 371 g/mol. The predicted octanol–water partition coefficient (Wildman–Crippen LogP) is 2.66. The quantitative estimate of drug-likeness (QED) is 0.878. The van der Waals surface area contributed by atoms with Gasteiger partial charge in [0.15, 0.2) is 0 Å². The number of likely N-dealkylation sites (N-methyl/N-ethyl adjacent to an activating group) is 1. The number of piperazine rings is 1. The largest absolute Gasteiger partial charge is 0.389 e. The zero-order valence-corrected chi connectivity index (χ0v) is 15.8. The molecule has 27 heavy (non-hydrogen) atoms. The molecule has 6 heteroatoms. The van der Waals surface area contributed by atoms with Crippen LogP contribution in [-0.2, 0) is 4.79 Å². The summed E-state index contributed by atoms with van der Waals surface area (Å²) < 4.78 is 14.4. The van der Waals surface area contributed by atoms with Crippen molar-refractivity contribution >= 4 is 17.3 Å². The number of rotatable bonds is 5. The molecular formula is C21H26FN3O2. The Labute approximate surface area is 159 Å². The van der Waals surface area contributed by atoms with Crippen molar-refractivity contribution < 1.29 is 14.3 Å². The van der Waals surface area contributed by atoms with Crippen molar-refractivity contribution in [3.63, 3.8) is 0 Å². The number of para-hydroxylation sites is 1. The van der Waals surface area contributed by atoms with Crippen LogP contribution in [0.25, 0.3) is 0 Å². The summed E-state index contributed by atoms with van der Waals surface area (Å²) in [5.41, 5.74) is 2.00. The number of hydrogen-bond acceptors (Lipinski definition) is 4. The second-order valence-corrected chi connectivity index (χ2v) is 6.94. The topological polar surface area (TPSA) is 47.0 Å². The molecule has 1 aliphatic heterocycles. The minimum Gasteiger partial charge on any atom is -0.389 e. The number of aliphatic hydroxyl groups excluding tert-OH is 1. The minimum atomic E-state index is -0.682. The molecule has 144 valence electrons. The molecule has 3 rings (SSSR count). The predicted molar refractivity (Wildman–Crippen MR) is 106 cm³/mol. The molecule has 0 spiro atoms. The molecule has 2 aromatic rings. The highest BCUT2D eigenvalue weighted by Crippen LogP contribution is 2.24. The lowest BCUT2D eigenvalue weighted by Crippen LogP contribution is -2.50. The number of carbonyl (C=O) groups excluding carboxylic acids is 1. The van der Waals surface area contributed by atoms with E-state index >= 15 is 0 Å². The lowest BCUT2D eigenvalue weighted by atomic mass is 10.1. The first-order valence-electron chi connectivity index (χ1n) is 9.22. The van der Waals surface area contributed by atoms with Gasteiger partial charge in [0.2, 0.25) is 5.91 Å². The van der Waals surface area contributed by atoms with Crippen LogP contribution in [0.5, 0.6) is 0 Å². The van der Waals surface area contributed by atoms with Crippen molar-refractivity contribution in [2.45, 2.75) is 13.0 Å². The van der Waals surface area contributed by atoms with Gasteiger partial charge < -0.3 is 14.9 Å². The fraction of sp³-hybridized carbons (Fsp3) is 0.381. The van der Waals surface area contributed by atoms with Crippen molar-refractivity contribution in [1.82, 2.24) is 4.90 Å². The van der Waals surface area contributed by atoms with Gasteiger partial charge in [-0.25, -0.2) is 4.39 Å². The normalized spacial score (nSPS) is 16.2. The molecule has 1 aliphatic rings. The monoisotopic (exact) mass is 371 g/mol. The highest BCUT2D eigenvalue weighted by molar-refractivity contribution is 5.94. The van der Waals surface area contributed by atoms with Crippen LogP contribution in [0, 0.1) is 5.82 Å². The Hall–Kier alpha value is -2.44. The maximum Gasteiger partial charge on any atom is 0.240 e. The zero-order valence-electron chi connectivity index (χ0n) is 15.8. The van der Waals surface area contributed by atoms with Gasteiger partial charge in [-0.2, -0.15) is 0 Å². The molecular weight excluding hydrogens is 345 g/mol. The Morgan fingerprint density at radius 3 is 2.41 bits per heavy atom. The lowest BCUT2D eigenvalue weighted by molar-refractivity contribution is -0.119. The summed E-state index contributed by atoms with van der Waals surface area (Å²) in [4.78, 5) is 18.3. The molecule has 1 heterocycles. The molecule has 1 saturated heterocycles. The SMILES string of the molecule is C[C@H](O)c1ccc(N2CCN(CC(=O)N(C)c3ccccc3)CC2)c(F)c1. The molecule has 2 aromatic carbocycles. The van der Waals surface area contributed by atoms with E-state index in [1.807, 2.05) is 35.2 Å². The van der Waals surface area contributed by atoms with E-state index in [1.165, 1.54) is 6.07 Å². The molecule has 0 aliphatic carbocycles. The van der Waals surface area contributed by atoms with Crippen LogP contribution in [0.4, 0.5) is 15.8 Å². The molecule has 1 fully saturated rings. The van der Waals surface area contributed by atoms with Crippen molar-refractivity contribution in [1.29, 1.82) is 0 Å². The van der Waals surface area contributed by atoms with Crippen LogP contribution in [0.15, 0.2) is 48.5 Å². The number of aliphatic hydroxyl groups is 1. The third-order valence-electron chi connectivity index (χ3n) is 5.04. The smallest absolute Gasteiger partial charge is 0.240 e. The number of hydrogen-bond donors (Lipinski definition) is 1. The Morgan fingerprint density at radius 2 is 1.81 bits per heavy atom. The van der Waals surface area contributed by atoms with Gasteiger partial charge in [0.25, 0.3) is 0 Å². The van der Waals surface area contributed by atoms with Gasteiger partial charge in [0.1, 0.15) is 5.82 Å². The summed E-state index contributed by atoms with van der Waals surface area (Å²) in [5.74, 6) is -0.274. The van der Waals surface area contributed by atoms with Crippen molar-refractivity contribution in [3.05, 3.63) is 59.9 Å². The second kappa shape index (κ2) is 8.50. The number of amides is 1. The Bertz CT molecular complexity index is 774. The van der Waals surface area contributed by atoms with Gasteiger partial charge in [-0.3, -0.25) is 9.69 Å². The minimum absolute atomic E-state index is 0.0436. The van der Waals surface area contributed by atoms with Gasteiger partial charge in [-0.1, -0.05) is 24.3 Å². The second-order valence-electron chi connectivity index (χ2n) is 6.94. The van der Waals surface area contributed by atoms with Crippen LogP contribution >= 0.6 is 0 Å². The van der Waals surface area contributed by atoms with Crippen LogP contribution in [0.1, 0.15) is 18.6 Å². The van der Waals surface area contributed by atoms with Crippen LogP contribution in [0.2, 0.25) is 0 Å². The van der Waals surface area contributed by atoms with Crippen molar-refractivity contribution in [2.24, 2.45) is 0 Å². The van der Waals surface area contributed by atoms with E-state index in [1.54, 1.807) is 31.0 Å². The lowest BCUT2D eigenvalue weighted by Gasteiger charge is -2.36. The zero-order chi connectivity index (χ0) is 19.4. The molecule has 1 N–H and O–H groups in total. The first kappa shape index (κ1) is 19.3. The number of carbonyl (C=O) groups is 1. The number of benzene rings is 2.